The van der Waals surface area contributed by atoms with Gasteiger partial charge in [0.2, 0.25) is 0 Å². The van der Waals surface area contributed by atoms with Gasteiger partial charge in [-0.25, -0.2) is 4.39 Å². The molecule has 140 valence electrons. The van der Waals surface area contributed by atoms with E-state index in [9.17, 15) is 14.0 Å². The minimum Gasteiger partial charge on any atom is -0.496 e. The van der Waals surface area contributed by atoms with Crippen molar-refractivity contribution >= 4 is 29.0 Å². The van der Waals surface area contributed by atoms with Crippen molar-refractivity contribution in [3.63, 3.8) is 0 Å². The number of halogens is 1. The van der Waals surface area contributed by atoms with Crippen LogP contribution in [-0.4, -0.2) is 22.6 Å². The van der Waals surface area contributed by atoms with Crippen molar-refractivity contribution in [3.8, 4) is 5.75 Å². The number of aromatic nitrogens is 2. The summed E-state index contributed by atoms with van der Waals surface area (Å²) in [7, 11) is 3.06. The number of fused-ring (bicyclic) bond motifs is 1. The van der Waals surface area contributed by atoms with Crippen LogP contribution in [0.15, 0.2) is 41.2 Å². The first-order chi connectivity index (χ1) is 12.8. The van der Waals surface area contributed by atoms with Crippen molar-refractivity contribution in [2.75, 3.05) is 7.11 Å². The molecule has 0 fully saturated rings. The summed E-state index contributed by atoms with van der Waals surface area (Å²) in [6.45, 7) is 1.74. The number of nitrogens with zero attached hydrogens (tertiary/aromatic N) is 1. The van der Waals surface area contributed by atoms with Gasteiger partial charge in [-0.3, -0.25) is 14.2 Å². The molecule has 1 amide bonds. The lowest BCUT2D eigenvalue weighted by molar-refractivity contribution is 0.0939. The lowest BCUT2D eigenvalue weighted by Crippen LogP contribution is -2.27. The molecule has 0 saturated heterocycles. The van der Waals surface area contributed by atoms with Crippen LogP contribution in [0, 0.1) is 10.6 Å². The molecule has 0 aliphatic rings. The lowest BCUT2D eigenvalue weighted by atomic mass is 10.1. The fraction of sp³-hybridized carbons (Fsp3) is 0.211. The van der Waals surface area contributed by atoms with E-state index < -0.39 is 11.9 Å². The monoisotopic (exact) mass is 387 g/mol. The molecular weight excluding hydrogens is 369 g/mol. The van der Waals surface area contributed by atoms with Crippen molar-refractivity contribution in [2.45, 2.75) is 13.0 Å². The third kappa shape index (κ3) is 3.61. The van der Waals surface area contributed by atoms with E-state index in [1.165, 1.54) is 29.9 Å². The van der Waals surface area contributed by atoms with Crippen LogP contribution in [0.5, 0.6) is 5.75 Å². The van der Waals surface area contributed by atoms with Crippen LogP contribution in [-0.2, 0) is 7.05 Å². The molecule has 0 bridgehead atoms. The Morgan fingerprint density at radius 3 is 2.74 bits per heavy atom. The third-order valence-electron chi connectivity index (χ3n) is 4.37. The molecule has 2 N–H and O–H groups in total. The summed E-state index contributed by atoms with van der Waals surface area (Å²) in [5, 5.41) is 3.24. The quantitative estimate of drug-likeness (QED) is 0.674. The number of ether oxygens (including phenoxy) is 1. The number of hydrogen-bond donors (Lipinski definition) is 2. The molecule has 1 heterocycles. The molecule has 0 aliphatic heterocycles. The fourth-order valence-electron chi connectivity index (χ4n) is 2.85. The Morgan fingerprint density at radius 1 is 1.30 bits per heavy atom. The molecule has 2 aromatic carbocycles. The average Bonchev–Trinajstić information content (AvgIpc) is 2.65. The number of nitrogens with one attached hydrogen (secondary N) is 2. The molecule has 0 aliphatic carbocycles. The summed E-state index contributed by atoms with van der Waals surface area (Å²) in [5.74, 6) is -0.299. The summed E-state index contributed by atoms with van der Waals surface area (Å²) in [4.78, 5) is 27.8. The number of carbonyl (C=O) groups excluding carboxylic acids is 1. The highest BCUT2D eigenvalue weighted by Gasteiger charge is 2.17. The largest absolute Gasteiger partial charge is 0.496 e. The number of amides is 1. The maximum atomic E-state index is 13.6. The van der Waals surface area contributed by atoms with Crippen LogP contribution in [0.2, 0.25) is 0 Å². The standard InChI is InChI=1S/C19H18FN3O3S/c1-10(14-9-12(20)5-7-16(14)26-3)21-17(24)11-4-6-13-15(8-11)22-19(27)23(2)18(13)25/h4-10H,1-3H3,(H,21,24)(H,22,27)/t10-/m1/s1. The van der Waals surface area contributed by atoms with Crippen LogP contribution in [0.25, 0.3) is 10.9 Å². The molecule has 0 spiro atoms. The molecule has 6 nitrogen and oxygen atoms in total. The van der Waals surface area contributed by atoms with Crippen molar-refractivity contribution in [1.29, 1.82) is 0 Å². The first-order valence-electron chi connectivity index (χ1n) is 8.19. The van der Waals surface area contributed by atoms with Crippen LogP contribution in [0.1, 0.15) is 28.9 Å². The number of benzene rings is 2. The van der Waals surface area contributed by atoms with Crippen molar-refractivity contribution in [2.24, 2.45) is 7.05 Å². The predicted octanol–water partition coefficient (Wildman–Crippen LogP) is 3.23. The Kier molecular flexibility index (Phi) is 5.09. The smallest absolute Gasteiger partial charge is 0.261 e. The molecule has 0 unspecified atom stereocenters. The molecule has 0 saturated carbocycles. The highest BCUT2D eigenvalue weighted by molar-refractivity contribution is 7.71. The molecule has 27 heavy (non-hydrogen) atoms. The van der Waals surface area contributed by atoms with E-state index in [1.54, 1.807) is 32.2 Å². The zero-order chi connectivity index (χ0) is 19.7. The highest BCUT2D eigenvalue weighted by Crippen LogP contribution is 2.26. The van der Waals surface area contributed by atoms with Gasteiger partial charge >= 0.3 is 0 Å². The van der Waals surface area contributed by atoms with Gasteiger partial charge in [0.25, 0.3) is 11.5 Å². The second kappa shape index (κ2) is 7.32. The zero-order valence-corrected chi connectivity index (χ0v) is 15.8. The minimum atomic E-state index is -0.485. The molecule has 1 aromatic heterocycles. The summed E-state index contributed by atoms with van der Waals surface area (Å²) >= 11 is 5.11. The second-order valence-corrected chi connectivity index (χ2v) is 6.52. The van der Waals surface area contributed by atoms with E-state index in [2.05, 4.69) is 10.3 Å². The van der Waals surface area contributed by atoms with Crippen LogP contribution < -0.4 is 15.6 Å². The Labute approximate surface area is 159 Å². The average molecular weight is 387 g/mol. The first kappa shape index (κ1) is 18.8. The number of aromatic amines is 1. The summed E-state index contributed by atoms with van der Waals surface area (Å²) in [6.07, 6.45) is 0. The van der Waals surface area contributed by atoms with E-state index in [0.717, 1.165) is 0 Å². The van der Waals surface area contributed by atoms with Gasteiger partial charge in [0.15, 0.2) is 4.77 Å². The van der Waals surface area contributed by atoms with E-state index in [1.807, 2.05) is 0 Å². The number of methoxy groups -OCH3 is 1. The maximum Gasteiger partial charge on any atom is 0.261 e. The van der Waals surface area contributed by atoms with Gasteiger partial charge in [-0.05, 0) is 55.5 Å². The normalized spacial score (nSPS) is 12.0. The number of carbonyl (C=O) groups is 1. The molecule has 8 heteroatoms. The number of hydrogen-bond acceptors (Lipinski definition) is 4. The SMILES string of the molecule is COc1ccc(F)cc1[C@@H](C)NC(=O)c1ccc2c(=O)n(C)c(=S)[nH]c2c1. The Balaban J connectivity index is 1.92. The van der Waals surface area contributed by atoms with E-state index in [0.29, 0.717) is 27.8 Å². The topological polar surface area (TPSA) is 76.1 Å². The fourth-order valence-corrected chi connectivity index (χ4v) is 3.04. The van der Waals surface area contributed by atoms with Gasteiger partial charge in [-0.2, -0.15) is 0 Å². The zero-order valence-electron chi connectivity index (χ0n) is 15.0. The number of H-pyrrole nitrogens is 1. The molecule has 3 rings (SSSR count). The van der Waals surface area contributed by atoms with Crippen LogP contribution in [0.3, 0.4) is 0 Å². The van der Waals surface area contributed by atoms with Gasteiger partial charge in [0.1, 0.15) is 11.6 Å². The molecule has 0 radical (unpaired) electrons. The van der Waals surface area contributed by atoms with Crippen molar-refractivity contribution in [1.82, 2.24) is 14.9 Å². The van der Waals surface area contributed by atoms with Crippen molar-refractivity contribution in [3.05, 3.63) is 68.5 Å². The summed E-state index contributed by atoms with van der Waals surface area (Å²) < 4.78 is 20.4. The molecular formula is C19H18FN3O3S. The molecule has 1 atom stereocenters. The Hall–Kier alpha value is -3.00. The summed E-state index contributed by atoms with van der Waals surface area (Å²) in [6, 6.07) is 8.35. The van der Waals surface area contributed by atoms with Crippen LogP contribution >= 0.6 is 12.2 Å². The summed E-state index contributed by atoms with van der Waals surface area (Å²) in [5.41, 5.74) is 1.12. The Morgan fingerprint density at radius 2 is 2.04 bits per heavy atom. The predicted molar refractivity (Wildman–Crippen MR) is 103 cm³/mol. The number of rotatable bonds is 4. The van der Waals surface area contributed by atoms with E-state index in [4.69, 9.17) is 17.0 Å². The lowest BCUT2D eigenvalue weighted by Gasteiger charge is -2.17. The first-order valence-corrected chi connectivity index (χ1v) is 8.60. The van der Waals surface area contributed by atoms with Gasteiger partial charge in [0.05, 0.1) is 24.1 Å². The third-order valence-corrected chi connectivity index (χ3v) is 4.74. The van der Waals surface area contributed by atoms with Gasteiger partial charge in [-0.15, -0.1) is 0 Å². The Bertz CT molecular complexity index is 1150. The van der Waals surface area contributed by atoms with Crippen molar-refractivity contribution < 1.29 is 13.9 Å². The second-order valence-electron chi connectivity index (χ2n) is 6.14. The maximum absolute atomic E-state index is 13.6. The van der Waals surface area contributed by atoms with E-state index >= 15 is 0 Å². The van der Waals surface area contributed by atoms with Gasteiger partial charge in [0, 0.05) is 18.2 Å². The van der Waals surface area contributed by atoms with E-state index in [-0.39, 0.29) is 16.2 Å². The highest BCUT2D eigenvalue weighted by atomic mass is 32.1. The molecule has 3 aromatic rings. The van der Waals surface area contributed by atoms with Crippen LogP contribution in [0.4, 0.5) is 4.39 Å². The minimum absolute atomic E-state index is 0.237. The van der Waals surface area contributed by atoms with Gasteiger partial charge < -0.3 is 15.0 Å². The van der Waals surface area contributed by atoms with Gasteiger partial charge in [-0.1, -0.05) is 0 Å².